The number of anilines is 1. The molecule has 4 rings (SSSR count). The second kappa shape index (κ2) is 10.6. The Balaban J connectivity index is 1.52. The van der Waals surface area contributed by atoms with Gasteiger partial charge < -0.3 is 4.74 Å². The molecule has 0 radical (unpaired) electrons. The second-order valence-corrected chi connectivity index (χ2v) is 9.40. The maximum atomic E-state index is 13.3. The van der Waals surface area contributed by atoms with Crippen molar-refractivity contribution in [3.63, 3.8) is 0 Å². The van der Waals surface area contributed by atoms with Crippen LogP contribution in [0.1, 0.15) is 24.5 Å². The van der Waals surface area contributed by atoms with Crippen LogP contribution in [0.2, 0.25) is 0 Å². The molecule has 1 amide bonds. The summed E-state index contributed by atoms with van der Waals surface area (Å²) in [5.41, 5.74) is 3.23. The molecule has 0 N–H and O–H groups in total. The molecule has 0 saturated carbocycles. The van der Waals surface area contributed by atoms with Gasteiger partial charge in [0.05, 0.1) is 23.9 Å². The average molecular weight is 464 g/mol. The Hall–Kier alpha value is -2.90. The number of hydrogen-bond donors (Lipinski definition) is 0. The summed E-state index contributed by atoms with van der Waals surface area (Å²) in [6, 6.07) is 18.0. The van der Waals surface area contributed by atoms with E-state index in [2.05, 4.69) is 30.1 Å². The quantitative estimate of drug-likeness (QED) is 0.286. The lowest BCUT2D eigenvalue weighted by molar-refractivity contribution is -0.118. The molecule has 2 aromatic carbocycles. The van der Waals surface area contributed by atoms with Gasteiger partial charge in [-0.15, -0.1) is 11.8 Å². The second-order valence-electron chi connectivity index (χ2n) is 7.22. The summed E-state index contributed by atoms with van der Waals surface area (Å²) in [7, 11) is 1.66. The van der Waals surface area contributed by atoms with Crippen molar-refractivity contribution in [3.8, 4) is 5.75 Å². The molecule has 0 aliphatic carbocycles. The summed E-state index contributed by atoms with van der Waals surface area (Å²) in [5.74, 6) is 1.60. The lowest BCUT2D eigenvalue weighted by atomic mass is 10.1. The highest BCUT2D eigenvalue weighted by atomic mass is 32.2. The van der Waals surface area contributed by atoms with E-state index in [0.717, 1.165) is 38.0 Å². The predicted octanol–water partition coefficient (Wildman–Crippen LogP) is 5.98. The minimum Gasteiger partial charge on any atom is -0.497 e. The Kier molecular flexibility index (Phi) is 7.39. The van der Waals surface area contributed by atoms with Gasteiger partial charge in [0.1, 0.15) is 5.75 Å². The van der Waals surface area contributed by atoms with Crippen molar-refractivity contribution in [1.29, 1.82) is 0 Å². The fraction of sp³-hybridized carbons (Fsp3) is 0.240. The maximum absolute atomic E-state index is 13.3. The highest BCUT2D eigenvalue weighted by Gasteiger charge is 2.21. The smallest absolute Gasteiger partial charge is 0.229 e. The number of thiazole rings is 1. The molecule has 2 heterocycles. The van der Waals surface area contributed by atoms with Crippen molar-refractivity contribution in [1.82, 2.24) is 9.97 Å². The van der Waals surface area contributed by atoms with Crippen LogP contribution in [0, 0.1) is 0 Å². The molecule has 0 spiro atoms. The zero-order valence-electron chi connectivity index (χ0n) is 18.2. The molecule has 0 saturated heterocycles. The number of aryl methyl sites for hydroxylation is 1. The van der Waals surface area contributed by atoms with Gasteiger partial charge in [0.15, 0.2) is 5.13 Å². The Labute approximate surface area is 196 Å². The highest BCUT2D eigenvalue weighted by Crippen LogP contribution is 2.32. The van der Waals surface area contributed by atoms with Crippen molar-refractivity contribution in [2.24, 2.45) is 0 Å². The van der Waals surface area contributed by atoms with Crippen LogP contribution in [0.5, 0.6) is 5.75 Å². The van der Waals surface area contributed by atoms with Crippen LogP contribution in [0.25, 0.3) is 10.2 Å². The van der Waals surface area contributed by atoms with Crippen LogP contribution < -0.4 is 9.64 Å². The maximum Gasteiger partial charge on any atom is 0.229 e. The Morgan fingerprint density at radius 2 is 1.88 bits per heavy atom. The number of carbonyl (C=O) groups excluding carboxylic acids is 1. The number of para-hydroxylation sites is 1. The minimum absolute atomic E-state index is 0.0694. The summed E-state index contributed by atoms with van der Waals surface area (Å²) in [4.78, 5) is 25.2. The van der Waals surface area contributed by atoms with Crippen LogP contribution in [-0.2, 0) is 17.8 Å². The normalized spacial score (nSPS) is 10.9. The van der Waals surface area contributed by atoms with E-state index in [4.69, 9.17) is 9.72 Å². The molecule has 164 valence electrons. The summed E-state index contributed by atoms with van der Waals surface area (Å²) in [6.07, 6.45) is 4.85. The van der Waals surface area contributed by atoms with Crippen molar-refractivity contribution in [3.05, 3.63) is 78.1 Å². The van der Waals surface area contributed by atoms with Gasteiger partial charge in [0, 0.05) is 29.5 Å². The number of pyridine rings is 1. The Morgan fingerprint density at radius 3 is 2.59 bits per heavy atom. The number of methoxy groups -OCH3 is 1. The molecule has 0 fully saturated rings. The van der Waals surface area contributed by atoms with Gasteiger partial charge in [-0.05, 0) is 60.0 Å². The van der Waals surface area contributed by atoms with Gasteiger partial charge in [-0.25, -0.2) is 4.98 Å². The van der Waals surface area contributed by atoms with Gasteiger partial charge in [-0.1, -0.05) is 30.4 Å². The summed E-state index contributed by atoms with van der Waals surface area (Å²) in [5, 5.41) is 0.747. The van der Waals surface area contributed by atoms with E-state index in [9.17, 15) is 4.79 Å². The Bertz CT molecular complexity index is 1180. The SMILES string of the molecule is CCc1cccc2sc(N(Cc3ccncc3)C(=O)CCSc3ccc(OC)cc3)nc12. The number of aromatic nitrogens is 2. The van der Waals surface area contributed by atoms with E-state index >= 15 is 0 Å². The molecule has 0 atom stereocenters. The number of benzene rings is 2. The van der Waals surface area contributed by atoms with E-state index in [1.807, 2.05) is 41.3 Å². The van der Waals surface area contributed by atoms with Gasteiger partial charge in [0.25, 0.3) is 0 Å². The summed E-state index contributed by atoms with van der Waals surface area (Å²) in [6.45, 7) is 2.61. The molecule has 0 bridgehead atoms. The zero-order chi connectivity index (χ0) is 22.3. The molecule has 0 unspecified atom stereocenters. The van der Waals surface area contributed by atoms with Gasteiger partial charge >= 0.3 is 0 Å². The third-order valence-corrected chi connectivity index (χ3v) is 7.20. The lowest BCUT2D eigenvalue weighted by Gasteiger charge is -2.20. The zero-order valence-corrected chi connectivity index (χ0v) is 19.8. The number of nitrogens with zero attached hydrogens (tertiary/aromatic N) is 3. The molecule has 4 aromatic rings. The van der Waals surface area contributed by atoms with Crippen LogP contribution in [0.4, 0.5) is 5.13 Å². The molecule has 5 nitrogen and oxygen atoms in total. The summed E-state index contributed by atoms with van der Waals surface area (Å²) >= 11 is 3.24. The monoisotopic (exact) mass is 463 g/mol. The van der Waals surface area contributed by atoms with Gasteiger partial charge in [0.2, 0.25) is 5.91 Å². The number of hydrogen-bond acceptors (Lipinski definition) is 6. The van der Waals surface area contributed by atoms with Crippen molar-refractivity contribution < 1.29 is 9.53 Å². The summed E-state index contributed by atoms with van der Waals surface area (Å²) < 4.78 is 6.32. The van der Waals surface area contributed by atoms with E-state index < -0.39 is 0 Å². The molecule has 0 aliphatic rings. The molecular formula is C25H25N3O2S2. The van der Waals surface area contributed by atoms with Crippen LogP contribution in [0.15, 0.2) is 71.9 Å². The minimum atomic E-state index is 0.0694. The first-order valence-corrected chi connectivity index (χ1v) is 12.3. The van der Waals surface area contributed by atoms with Crippen molar-refractivity contribution >= 4 is 44.4 Å². The fourth-order valence-corrected chi connectivity index (χ4v) is 5.26. The predicted molar refractivity (Wildman–Crippen MR) is 133 cm³/mol. The van der Waals surface area contributed by atoms with Crippen LogP contribution in [-0.4, -0.2) is 28.7 Å². The van der Waals surface area contributed by atoms with E-state index in [1.54, 1.807) is 42.6 Å². The first kappa shape index (κ1) is 22.3. The molecular weight excluding hydrogens is 438 g/mol. The van der Waals surface area contributed by atoms with Gasteiger partial charge in [-0.3, -0.25) is 14.7 Å². The first-order valence-electron chi connectivity index (χ1n) is 10.5. The van der Waals surface area contributed by atoms with Crippen LogP contribution >= 0.6 is 23.1 Å². The van der Waals surface area contributed by atoms with Crippen molar-refractivity contribution in [2.45, 2.75) is 31.2 Å². The Morgan fingerprint density at radius 1 is 1.09 bits per heavy atom. The number of amides is 1. The average Bonchev–Trinajstić information content (AvgIpc) is 3.27. The number of carbonyl (C=O) groups is 1. The topological polar surface area (TPSA) is 55.3 Å². The van der Waals surface area contributed by atoms with E-state index in [1.165, 1.54) is 5.56 Å². The molecule has 2 aromatic heterocycles. The lowest BCUT2D eigenvalue weighted by Crippen LogP contribution is -2.30. The number of rotatable bonds is 9. The standard InChI is InChI=1S/C25H25N3O2S2/c1-3-19-5-4-6-22-24(19)27-25(32-22)28(17-18-11-14-26-15-12-18)23(29)13-16-31-21-9-7-20(30-2)8-10-21/h4-12,14-15H,3,13,16-17H2,1-2H3. The van der Waals surface area contributed by atoms with Gasteiger partial charge in [-0.2, -0.15) is 0 Å². The molecule has 0 aliphatic heterocycles. The van der Waals surface area contributed by atoms with E-state index in [0.29, 0.717) is 18.7 Å². The van der Waals surface area contributed by atoms with Crippen LogP contribution in [0.3, 0.4) is 0 Å². The number of thioether (sulfide) groups is 1. The third kappa shape index (κ3) is 5.29. The number of ether oxygens (including phenoxy) is 1. The van der Waals surface area contributed by atoms with Crippen molar-refractivity contribution in [2.75, 3.05) is 17.8 Å². The highest BCUT2D eigenvalue weighted by molar-refractivity contribution is 7.99. The largest absolute Gasteiger partial charge is 0.497 e. The number of fused-ring (bicyclic) bond motifs is 1. The first-order chi connectivity index (χ1) is 15.7. The molecule has 7 heteroatoms. The van der Waals surface area contributed by atoms with E-state index in [-0.39, 0.29) is 5.91 Å². The third-order valence-electron chi connectivity index (χ3n) is 5.14. The fourth-order valence-electron chi connectivity index (χ4n) is 3.39. The molecule has 32 heavy (non-hydrogen) atoms.